The highest BCUT2D eigenvalue weighted by Gasteiger charge is 2.40. The zero-order chi connectivity index (χ0) is 14.2. The average molecular weight is 271 g/mol. The van der Waals surface area contributed by atoms with Gasteiger partial charge in [-0.05, 0) is 0 Å². The smallest absolute Gasteiger partial charge is 0.223 e. The fourth-order valence-electron chi connectivity index (χ4n) is 2.60. The Kier molecular flexibility index (Phi) is 3.05. The number of carbonyl (C=O) groups excluding carboxylic acids is 1. The quantitative estimate of drug-likeness (QED) is 0.764. The van der Waals surface area contributed by atoms with E-state index in [1.165, 1.54) is 0 Å². The molecular formula is C14H17N5O. The largest absolute Gasteiger partial charge is 0.332 e. The number of aryl methyl sites for hydroxylation is 1. The summed E-state index contributed by atoms with van der Waals surface area (Å²) in [4.78, 5) is 14.1. The molecular weight excluding hydrogens is 254 g/mol. The fraction of sp³-hybridized carbons (Fsp3) is 0.571. The first-order valence-corrected chi connectivity index (χ1v) is 6.79. The molecule has 2 aliphatic heterocycles. The van der Waals surface area contributed by atoms with Gasteiger partial charge in [0.05, 0.1) is 18.4 Å². The molecule has 1 aromatic rings. The van der Waals surface area contributed by atoms with Crippen LogP contribution in [0.4, 0.5) is 0 Å². The summed E-state index contributed by atoms with van der Waals surface area (Å²) in [6.45, 7) is 1.31. The number of hydrogen-bond acceptors (Lipinski definition) is 4. The molecule has 3 rings (SSSR count). The van der Waals surface area contributed by atoms with Crippen LogP contribution >= 0.6 is 0 Å². The Morgan fingerprint density at radius 3 is 2.90 bits per heavy atom. The molecule has 0 aliphatic carbocycles. The Morgan fingerprint density at radius 1 is 1.45 bits per heavy atom. The maximum absolute atomic E-state index is 12.2. The van der Waals surface area contributed by atoms with E-state index in [2.05, 4.69) is 21.2 Å². The molecule has 0 fully saturated rings. The van der Waals surface area contributed by atoms with Gasteiger partial charge in [-0.15, -0.1) is 12.3 Å². The van der Waals surface area contributed by atoms with Gasteiger partial charge >= 0.3 is 0 Å². The lowest BCUT2D eigenvalue weighted by Crippen LogP contribution is -2.27. The van der Waals surface area contributed by atoms with E-state index in [1.807, 2.05) is 22.8 Å². The standard InChI is InChI=1S/C14H17N5O/c1-3-4-6-14(16-17-14)7-5-13(20)19-9-11-8-15-18(2)12(11)10-19/h1,8H,4-7,9-10H2,2H3. The van der Waals surface area contributed by atoms with Crippen LogP contribution in [0, 0.1) is 12.3 Å². The van der Waals surface area contributed by atoms with E-state index in [1.54, 1.807) is 0 Å². The molecule has 6 nitrogen and oxygen atoms in total. The number of rotatable bonds is 5. The van der Waals surface area contributed by atoms with Crippen LogP contribution in [0.3, 0.4) is 0 Å². The molecule has 0 N–H and O–H groups in total. The van der Waals surface area contributed by atoms with Crippen molar-refractivity contribution in [3.05, 3.63) is 17.5 Å². The minimum Gasteiger partial charge on any atom is -0.332 e. The predicted molar refractivity (Wildman–Crippen MR) is 72.4 cm³/mol. The minimum absolute atomic E-state index is 0.151. The number of amides is 1. The predicted octanol–water partition coefficient (Wildman–Crippen LogP) is 1.62. The van der Waals surface area contributed by atoms with E-state index in [4.69, 9.17) is 6.42 Å². The zero-order valence-electron chi connectivity index (χ0n) is 11.5. The molecule has 0 saturated heterocycles. The van der Waals surface area contributed by atoms with Crippen molar-refractivity contribution in [2.24, 2.45) is 17.3 Å². The topological polar surface area (TPSA) is 62.9 Å². The van der Waals surface area contributed by atoms with Crippen molar-refractivity contribution in [2.45, 2.75) is 44.4 Å². The molecule has 0 atom stereocenters. The SMILES string of the molecule is C#CCCC1(CCC(=O)N2Cc3cnn(C)c3C2)N=N1. The minimum atomic E-state index is -0.365. The van der Waals surface area contributed by atoms with Crippen LogP contribution in [0.2, 0.25) is 0 Å². The van der Waals surface area contributed by atoms with Crippen LogP contribution in [-0.2, 0) is 24.9 Å². The third-order valence-corrected chi connectivity index (χ3v) is 3.99. The van der Waals surface area contributed by atoms with E-state index < -0.39 is 0 Å². The van der Waals surface area contributed by atoms with E-state index in [-0.39, 0.29) is 11.6 Å². The number of terminal acetylenes is 1. The van der Waals surface area contributed by atoms with Gasteiger partial charge in [-0.1, -0.05) is 0 Å². The van der Waals surface area contributed by atoms with Gasteiger partial charge in [0.2, 0.25) is 5.91 Å². The molecule has 0 spiro atoms. The van der Waals surface area contributed by atoms with Gasteiger partial charge in [0.15, 0.2) is 5.66 Å². The lowest BCUT2D eigenvalue weighted by atomic mass is 10.0. The molecule has 3 heterocycles. The second-order valence-electron chi connectivity index (χ2n) is 5.38. The van der Waals surface area contributed by atoms with Crippen molar-refractivity contribution in [1.29, 1.82) is 0 Å². The van der Waals surface area contributed by atoms with Crippen molar-refractivity contribution in [1.82, 2.24) is 14.7 Å². The van der Waals surface area contributed by atoms with E-state index in [0.717, 1.165) is 17.7 Å². The molecule has 2 aliphatic rings. The van der Waals surface area contributed by atoms with Crippen LogP contribution in [0.5, 0.6) is 0 Å². The summed E-state index contributed by atoms with van der Waals surface area (Å²) in [5, 5.41) is 12.3. The Bertz CT molecular complexity index is 604. The normalized spacial score (nSPS) is 17.9. The van der Waals surface area contributed by atoms with Gasteiger partial charge in [-0.2, -0.15) is 15.3 Å². The van der Waals surface area contributed by atoms with Crippen molar-refractivity contribution in [3.63, 3.8) is 0 Å². The number of carbonyl (C=O) groups is 1. The maximum Gasteiger partial charge on any atom is 0.223 e. The zero-order valence-corrected chi connectivity index (χ0v) is 11.5. The first-order valence-electron chi connectivity index (χ1n) is 6.79. The van der Waals surface area contributed by atoms with Gasteiger partial charge < -0.3 is 4.90 Å². The highest BCUT2D eigenvalue weighted by Crippen LogP contribution is 2.38. The molecule has 0 unspecified atom stereocenters. The van der Waals surface area contributed by atoms with Crippen LogP contribution in [-0.4, -0.2) is 26.3 Å². The monoisotopic (exact) mass is 271 g/mol. The molecule has 20 heavy (non-hydrogen) atoms. The molecule has 0 radical (unpaired) electrons. The summed E-state index contributed by atoms with van der Waals surface area (Å²) in [7, 11) is 1.91. The summed E-state index contributed by atoms with van der Waals surface area (Å²) in [6, 6.07) is 0. The molecule has 0 saturated carbocycles. The third-order valence-electron chi connectivity index (χ3n) is 3.99. The van der Waals surface area contributed by atoms with Crippen LogP contribution in [0.25, 0.3) is 0 Å². The number of fused-ring (bicyclic) bond motifs is 1. The van der Waals surface area contributed by atoms with Crippen molar-refractivity contribution in [3.8, 4) is 12.3 Å². The van der Waals surface area contributed by atoms with E-state index in [0.29, 0.717) is 32.4 Å². The molecule has 1 aromatic heterocycles. The molecule has 1 amide bonds. The average Bonchev–Trinajstić information content (AvgIpc) is 2.95. The van der Waals surface area contributed by atoms with Gasteiger partial charge in [-0.3, -0.25) is 9.48 Å². The number of hydrogen-bond donors (Lipinski definition) is 0. The Hall–Kier alpha value is -2.16. The molecule has 6 heteroatoms. The van der Waals surface area contributed by atoms with Gasteiger partial charge in [0.25, 0.3) is 0 Å². The second kappa shape index (κ2) is 4.75. The summed E-state index contributed by atoms with van der Waals surface area (Å²) in [5.74, 6) is 2.75. The Balaban J connectivity index is 1.51. The third kappa shape index (κ3) is 2.31. The summed E-state index contributed by atoms with van der Waals surface area (Å²) in [6.07, 6.45) is 9.63. The van der Waals surface area contributed by atoms with Crippen LogP contribution in [0.15, 0.2) is 16.4 Å². The van der Waals surface area contributed by atoms with E-state index >= 15 is 0 Å². The summed E-state index contributed by atoms with van der Waals surface area (Å²) < 4.78 is 1.84. The van der Waals surface area contributed by atoms with Crippen molar-refractivity contribution < 1.29 is 4.79 Å². The lowest BCUT2D eigenvalue weighted by molar-refractivity contribution is -0.132. The van der Waals surface area contributed by atoms with Crippen molar-refractivity contribution >= 4 is 5.91 Å². The first-order chi connectivity index (χ1) is 9.63. The number of aromatic nitrogens is 2. The lowest BCUT2D eigenvalue weighted by Gasteiger charge is -2.17. The highest BCUT2D eigenvalue weighted by molar-refractivity contribution is 5.77. The maximum atomic E-state index is 12.2. The molecule has 104 valence electrons. The molecule has 0 aromatic carbocycles. The van der Waals surface area contributed by atoms with Gasteiger partial charge in [0, 0.05) is 44.8 Å². The van der Waals surface area contributed by atoms with Crippen molar-refractivity contribution in [2.75, 3.05) is 0 Å². The van der Waals surface area contributed by atoms with Gasteiger partial charge in [-0.25, -0.2) is 0 Å². The summed E-state index contributed by atoms with van der Waals surface area (Å²) >= 11 is 0. The Labute approximate surface area is 117 Å². The van der Waals surface area contributed by atoms with E-state index in [9.17, 15) is 4.79 Å². The number of nitrogens with zero attached hydrogens (tertiary/aromatic N) is 5. The van der Waals surface area contributed by atoms with Crippen LogP contribution in [0.1, 0.15) is 36.9 Å². The first kappa shape index (κ1) is 12.9. The molecule has 0 bridgehead atoms. The second-order valence-corrected chi connectivity index (χ2v) is 5.38. The summed E-state index contributed by atoms with van der Waals surface area (Å²) in [5.41, 5.74) is 1.90. The Morgan fingerprint density at radius 2 is 2.25 bits per heavy atom. The fourth-order valence-corrected chi connectivity index (χ4v) is 2.60. The van der Waals surface area contributed by atoms with Gasteiger partial charge in [0.1, 0.15) is 0 Å². The van der Waals surface area contributed by atoms with Crippen LogP contribution < -0.4 is 0 Å². The highest BCUT2D eigenvalue weighted by atomic mass is 16.2.